The molecule has 3 aromatic rings. The molecular weight excluding hydrogens is 235 g/mol. The van der Waals surface area contributed by atoms with Gasteiger partial charge in [0.15, 0.2) is 0 Å². The van der Waals surface area contributed by atoms with Crippen molar-refractivity contribution >= 4 is 28.5 Å². The molecule has 0 aliphatic carbocycles. The second-order valence-electron chi connectivity index (χ2n) is 5.42. The molecule has 0 fully saturated rings. The van der Waals surface area contributed by atoms with Gasteiger partial charge in [-0.3, -0.25) is 0 Å². The summed E-state index contributed by atoms with van der Waals surface area (Å²) in [5, 5.41) is 6.12. The third kappa shape index (κ3) is 1.52. The van der Waals surface area contributed by atoms with Crippen LogP contribution in [-0.2, 0) is 6.66 Å². The van der Waals surface area contributed by atoms with Gasteiger partial charge in [-0.25, -0.2) is 0 Å². The Labute approximate surface area is 110 Å². The van der Waals surface area contributed by atoms with E-state index in [1.807, 2.05) is 0 Å². The molecule has 1 heteroatoms. The molecule has 0 saturated carbocycles. The lowest BCUT2D eigenvalue weighted by Gasteiger charge is -2.12. The summed E-state index contributed by atoms with van der Waals surface area (Å²) in [6.45, 7) is 9.29. The van der Waals surface area contributed by atoms with Crippen LogP contribution in [0.5, 0.6) is 0 Å². The van der Waals surface area contributed by atoms with Gasteiger partial charge in [-0.15, -0.1) is 7.53 Å². The van der Waals surface area contributed by atoms with Crippen LogP contribution in [0.3, 0.4) is 0 Å². The van der Waals surface area contributed by atoms with Crippen LogP contribution in [0.15, 0.2) is 36.4 Å². The zero-order valence-corrected chi connectivity index (χ0v) is 12.4. The minimum atomic E-state index is -0.166. The molecule has 2 aromatic carbocycles. The SMILES string of the molecule is Cc1ccc2c3ccccc3p(C)c2c1C(C)C. The molecule has 0 radical (unpaired) electrons. The van der Waals surface area contributed by atoms with Crippen LogP contribution in [0.1, 0.15) is 30.9 Å². The molecule has 0 amide bonds. The van der Waals surface area contributed by atoms with E-state index >= 15 is 0 Å². The van der Waals surface area contributed by atoms with Crippen LogP contribution in [0.25, 0.3) is 21.0 Å². The smallest absolute Gasteiger partial charge is 0.00583 e. The fourth-order valence-electron chi connectivity index (χ4n) is 3.13. The summed E-state index contributed by atoms with van der Waals surface area (Å²) >= 11 is 0. The third-order valence-electron chi connectivity index (χ3n) is 3.90. The highest BCUT2D eigenvalue weighted by atomic mass is 31.1. The maximum Gasteiger partial charge on any atom is 0.00583 e. The van der Waals surface area contributed by atoms with Gasteiger partial charge >= 0.3 is 0 Å². The van der Waals surface area contributed by atoms with Crippen LogP contribution in [0.2, 0.25) is 0 Å². The van der Waals surface area contributed by atoms with Crippen LogP contribution in [-0.4, -0.2) is 0 Å². The van der Waals surface area contributed by atoms with E-state index in [1.165, 1.54) is 16.3 Å². The molecule has 0 bridgehead atoms. The number of hydrogen-bond donors (Lipinski definition) is 0. The normalized spacial score (nSPS) is 12.8. The Bertz CT molecular complexity index is 732. The highest BCUT2D eigenvalue weighted by Crippen LogP contribution is 2.50. The molecule has 92 valence electrons. The van der Waals surface area contributed by atoms with Gasteiger partial charge in [0.25, 0.3) is 0 Å². The van der Waals surface area contributed by atoms with Gasteiger partial charge in [0.05, 0.1) is 0 Å². The van der Waals surface area contributed by atoms with Crippen molar-refractivity contribution in [1.82, 2.24) is 0 Å². The van der Waals surface area contributed by atoms with Crippen LogP contribution >= 0.6 is 7.53 Å². The minimum absolute atomic E-state index is 0.166. The molecule has 18 heavy (non-hydrogen) atoms. The van der Waals surface area contributed by atoms with Gasteiger partial charge in [0.2, 0.25) is 0 Å². The second kappa shape index (κ2) is 4.14. The summed E-state index contributed by atoms with van der Waals surface area (Å²) in [5.74, 6) is 0.610. The van der Waals surface area contributed by atoms with E-state index in [0.29, 0.717) is 5.92 Å². The molecule has 1 unspecified atom stereocenters. The van der Waals surface area contributed by atoms with Crippen molar-refractivity contribution in [3.8, 4) is 0 Å². The Balaban J connectivity index is 2.59. The average molecular weight is 254 g/mol. The Kier molecular flexibility index (Phi) is 2.72. The van der Waals surface area contributed by atoms with E-state index < -0.39 is 0 Å². The topological polar surface area (TPSA) is 0 Å². The lowest BCUT2D eigenvalue weighted by Crippen LogP contribution is -1.91. The standard InChI is InChI=1S/C17H19P/c1-11(2)16-12(3)9-10-14-13-7-5-6-8-15(13)18(4)17(14)16/h5-11H,1-4H3. The number of hydrogen-bond acceptors (Lipinski definition) is 0. The van der Waals surface area contributed by atoms with Crippen molar-refractivity contribution in [3.05, 3.63) is 47.5 Å². The molecule has 0 saturated heterocycles. The third-order valence-corrected chi connectivity index (χ3v) is 6.17. The van der Waals surface area contributed by atoms with Crippen LogP contribution in [0.4, 0.5) is 0 Å². The number of fused-ring (bicyclic) bond motifs is 3. The Morgan fingerprint density at radius 2 is 1.67 bits per heavy atom. The summed E-state index contributed by atoms with van der Waals surface area (Å²) < 4.78 is 0. The molecule has 1 aromatic heterocycles. The molecule has 0 N–H and O–H groups in total. The van der Waals surface area contributed by atoms with Crippen molar-refractivity contribution in [1.29, 1.82) is 0 Å². The minimum Gasteiger partial charge on any atom is -0.112 e. The van der Waals surface area contributed by atoms with Crippen molar-refractivity contribution in [2.45, 2.75) is 26.7 Å². The van der Waals surface area contributed by atoms with Gasteiger partial charge in [-0.1, -0.05) is 50.2 Å². The van der Waals surface area contributed by atoms with Crippen LogP contribution < -0.4 is 0 Å². The van der Waals surface area contributed by atoms with Gasteiger partial charge in [0, 0.05) is 10.2 Å². The molecular formula is C17H19P. The van der Waals surface area contributed by atoms with Gasteiger partial charge in [0.1, 0.15) is 0 Å². The van der Waals surface area contributed by atoms with Crippen LogP contribution in [0, 0.1) is 6.92 Å². The zero-order chi connectivity index (χ0) is 12.9. The van der Waals surface area contributed by atoms with Crippen molar-refractivity contribution in [3.63, 3.8) is 0 Å². The Morgan fingerprint density at radius 3 is 2.39 bits per heavy atom. The summed E-state index contributed by atoms with van der Waals surface area (Å²) in [6.07, 6.45) is 0. The van der Waals surface area contributed by atoms with E-state index in [4.69, 9.17) is 0 Å². The zero-order valence-electron chi connectivity index (χ0n) is 11.5. The first-order valence-corrected chi connectivity index (χ1v) is 8.36. The van der Waals surface area contributed by atoms with Gasteiger partial charge in [-0.2, -0.15) is 0 Å². The van der Waals surface area contributed by atoms with E-state index in [1.54, 1.807) is 15.8 Å². The quantitative estimate of drug-likeness (QED) is 0.503. The first kappa shape index (κ1) is 11.8. The molecule has 0 nitrogen and oxygen atoms in total. The Hall–Kier alpha value is -1.26. The van der Waals surface area contributed by atoms with E-state index in [2.05, 4.69) is 63.8 Å². The maximum atomic E-state index is 2.41. The average Bonchev–Trinajstić information content (AvgIpc) is 2.63. The van der Waals surface area contributed by atoms with Gasteiger partial charge < -0.3 is 0 Å². The number of rotatable bonds is 1. The monoisotopic (exact) mass is 254 g/mol. The second-order valence-corrected chi connectivity index (χ2v) is 7.47. The largest absolute Gasteiger partial charge is 0.112 e. The fourth-order valence-corrected chi connectivity index (χ4v) is 5.59. The summed E-state index contributed by atoms with van der Waals surface area (Å²) in [6, 6.07) is 13.5. The highest BCUT2D eigenvalue weighted by Gasteiger charge is 2.15. The summed E-state index contributed by atoms with van der Waals surface area (Å²) in [7, 11) is -0.166. The molecule has 0 aliphatic heterocycles. The predicted octanol–water partition coefficient (Wildman–Crippen LogP) is 5.95. The Morgan fingerprint density at radius 1 is 0.944 bits per heavy atom. The van der Waals surface area contributed by atoms with Crippen molar-refractivity contribution in [2.75, 3.05) is 0 Å². The molecule has 1 atom stereocenters. The fraction of sp³-hybridized carbons (Fsp3) is 0.294. The summed E-state index contributed by atoms with van der Waals surface area (Å²) in [4.78, 5) is 0. The number of benzene rings is 2. The predicted molar refractivity (Wildman–Crippen MR) is 84.0 cm³/mol. The van der Waals surface area contributed by atoms with E-state index in [-0.39, 0.29) is 7.53 Å². The molecule has 0 spiro atoms. The van der Waals surface area contributed by atoms with Gasteiger partial charge in [-0.05, 0) is 41.4 Å². The molecule has 1 heterocycles. The van der Waals surface area contributed by atoms with Crippen molar-refractivity contribution in [2.24, 2.45) is 6.66 Å². The highest BCUT2D eigenvalue weighted by molar-refractivity contribution is 7.59. The summed E-state index contributed by atoms with van der Waals surface area (Å²) in [5.41, 5.74) is 3.03. The van der Waals surface area contributed by atoms with Crippen molar-refractivity contribution < 1.29 is 0 Å². The van der Waals surface area contributed by atoms with E-state index in [0.717, 1.165) is 0 Å². The first-order valence-electron chi connectivity index (χ1n) is 6.58. The lowest BCUT2D eigenvalue weighted by atomic mass is 9.96. The lowest BCUT2D eigenvalue weighted by molar-refractivity contribution is 0.868. The molecule has 3 rings (SSSR count). The maximum absolute atomic E-state index is 2.41. The first-order chi connectivity index (χ1) is 8.61. The molecule has 0 aliphatic rings. The van der Waals surface area contributed by atoms with E-state index in [9.17, 15) is 0 Å². The number of aryl methyl sites for hydroxylation is 2.